The molecule has 2 unspecified atom stereocenters. The maximum atomic E-state index is 12.3. The van der Waals surface area contributed by atoms with E-state index in [1.807, 2.05) is 30.3 Å². The van der Waals surface area contributed by atoms with Crippen molar-refractivity contribution in [2.75, 3.05) is 11.9 Å². The van der Waals surface area contributed by atoms with Crippen molar-refractivity contribution in [2.45, 2.75) is 32.7 Å². The molecule has 1 heterocycles. The molecule has 0 spiro atoms. The fourth-order valence-corrected chi connectivity index (χ4v) is 2.46. The molecule has 1 aromatic heterocycles. The standard InChI is InChI=1S/C17H21N3O/c1-3-8-18-15-10-16(17(21)20-14-9-11(14)2)19-13-7-5-4-6-12(13)15/h4-7,10-11,14H,3,8-9H2,1-2H3,(H,18,19)(H,20,21). The molecule has 110 valence electrons. The highest BCUT2D eigenvalue weighted by atomic mass is 16.2. The molecule has 3 rings (SSSR count). The average molecular weight is 283 g/mol. The molecule has 2 aromatic rings. The van der Waals surface area contributed by atoms with Gasteiger partial charge in [0.25, 0.3) is 5.91 Å². The monoisotopic (exact) mass is 283 g/mol. The number of benzene rings is 1. The number of carbonyl (C=O) groups excluding carboxylic acids is 1. The van der Waals surface area contributed by atoms with Crippen LogP contribution in [0.2, 0.25) is 0 Å². The minimum atomic E-state index is -0.0744. The van der Waals surface area contributed by atoms with Gasteiger partial charge in [-0.3, -0.25) is 4.79 Å². The van der Waals surface area contributed by atoms with E-state index in [0.717, 1.165) is 36.0 Å². The van der Waals surface area contributed by atoms with Gasteiger partial charge in [-0.2, -0.15) is 0 Å². The van der Waals surface area contributed by atoms with Crippen LogP contribution in [0.1, 0.15) is 37.2 Å². The van der Waals surface area contributed by atoms with E-state index in [9.17, 15) is 4.79 Å². The molecule has 1 saturated carbocycles. The predicted octanol–water partition coefficient (Wildman–Crippen LogP) is 3.19. The van der Waals surface area contributed by atoms with Crippen LogP contribution in [-0.2, 0) is 0 Å². The van der Waals surface area contributed by atoms with Crippen LogP contribution in [-0.4, -0.2) is 23.5 Å². The van der Waals surface area contributed by atoms with Crippen LogP contribution in [0.4, 0.5) is 5.69 Å². The maximum Gasteiger partial charge on any atom is 0.270 e. The first kappa shape index (κ1) is 13.9. The molecule has 1 fully saturated rings. The second-order valence-corrected chi connectivity index (χ2v) is 5.79. The molecule has 0 aliphatic heterocycles. The summed E-state index contributed by atoms with van der Waals surface area (Å²) < 4.78 is 0. The van der Waals surface area contributed by atoms with Crippen LogP contribution in [0.25, 0.3) is 10.9 Å². The molecule has 1 aromatic carbocycles. The fourth-order valence-electron chi connectivity index (χ4n) is 2.46. The molecule has 4 heteroatoms. The summed E-state index contributed by atoms with van der Waals surface area (Å²) in [7, 11) is 0. The first-order valence-corrected chi connectivity index (χ1v) is 7.63. The number of nitrogens with zero attached hydrogens (tertiary/aromatic N) is 1. The fraction of sp³-hybridized carbons (Fsp3) is 0.412. The Hall–Kier alpha value is -2.10. The first-order chi connectivity index (χ1) is 10.2. The van der Waals surface area contributed by atoms with E-state index in [2.05, 4.69) is 29.5 Å². The summed E-state index contributed by atoms with van der Waals surface area (Å²) in [5.41, 5.74) is 2.33. The van der Waals surface area contributed by atoms with Gasteiger partial charge in [0.15, 0.2) is 0 Å². The van der Waals surface area contributed by atoms with Crippen LogP contribution in [0.15, 0.2) is 30.3 Å². The molecule has 2 N–H and O–H groups in total. The van der Waals surface area contributed by atoms with E-state index in [4.69, 9.17) is 0 Å². The van der Waals surface area contributed by atoms with Gasteiger partial charge in [0, 0.05) is 23.7 Å². The molecule has 1 aliphatic rings. The van der Waals surface area contributed by atoms with Crippen molar-refractivity contribution >= 4 is 22.5 Å². The number of hydrogen-bond acceptors (Lipinski definition) is 3. The lowest BCUT2D eigenvalue weighted by molar-refractivity contribution is 0.0945. The third-order valence-corrected chi connectivity index (χ3v) is 3.94. The maximum absolute atomic E-state index is 12.3. The van der Waals surface area contributed by atoms with Crippen molar-refractivity contribution < 1.29 is 4.79 Å². The number of para-hydroxylation sites is 1. The molecule has 21 heavy (non-hydrogen) atoms. The van der Waals surface area contributed by atoms with Gasteiger partial charge in [-0.25, -0.2) is 4.98 Å². The van der Waals surface area contributed by atoms with Crippen molar-refractivity contribution in [3.05, 3.63) is 36.0 Å². The molecule has 1 amide bonds. The van der Waals surface area contributed by atoms with Crippen molar-refractivity contribution in [2.24, 2.45) is 5.92 Å². The van der Waals surface area contributed by atoms with Crippen molar-refractivity contribution in [1.82, 2.24) is 10.3 Å². The average Bonchev–Trinajstić information content (AvgIpc) is 3.19. The van der Waals surface area contributed by atoms with Gasteiger partial charge >= 0.3 is 0 Å². The number of anilines is 1. The molecule has 0 bridgehead atoms. The first-order valence-electron chi connectivity index (χ1n) is 7.63. The highest BCUT2D eigenvalue weighted by Gasteiger charge is 2.34. The van der Waals surface area contributed by atoms with Crippen LogP contribution >= 0.6 is 0 Å². The Kier molecular flexibility index (Phi) is 3.78. The largest absolute Gasteiger partial charge is 0.384 e. The third-order valence-electron chi connectivity index (χ3n) is 3.94. The summed E-state index contributed by atoms with van der Waals surface area (Å²) in [5, 5.41) is 7.49. The Morgan fingerprint density at radius 1 is 1.38 bits per heavy atom. The van der Waals surface area contributed by atoms with Crippen LogP contribution in [0.5, 0.6) is 0 Å². The second kappa shape index (κ2) is 5.72. The summed E-state index contributed by atoms with van der Waals surface area (Å²) in [4.78, 5) is 16.8. The van der Waals surface area contributed by atoms with Gasteiger partial charge in [0.1, 0.15) is 5.69 Å². The topological polar surface area (TPSA) is 54.0 Å². The molecule has 0 saturated heterocycles. The van der Waals surface area contributed by atoms with Crippen molar-refractivity contribution in [3.63, 3.8) is 0 Å². The minimum absolute atomic E-state index is 0.0744. The van der Waals surface area contributed by atoms with Crippen molar-refractivity contribution in [3.8, 4) is 0 Å². The van der Waals surface area contributed by atoms with Gasteiger partial charge in [-0.15, -0.1) is 0 Å². The number of pyridine rings is 1. The highest BCUT2D eigenvalue weighted by molar-refractivity contribution is 6.00. The number of hydrogen-bond donors (Lipinski definition) is 2. The number of nitrogens with one attached hydrogen (secondary N) is 2. The lowest BCUT2D eigenvalue weighted by Gasteiger charge is -2.11. The van der Waals surface area contributed by atoms with E-state index in [1.165, 1.54) is 0 Å². The summed E-state index contributed by atoms with van der Waals surface area (Å²) in [6.07, 6.45) is 2.11. The Morgan fingerprint density at radius 3 is 2.86 bits per heavy atom. The van der Waals surface area contributed by atoms with E-state index >= 15 is 0 Å². The van der Waals surface area contributed by atoms with E-state index in [0.29, 0.717) is 17.7 Å². The van der Waals surface area contributed by atoms with Gasteiger partial charge in [0.05, 0.1) is 5.52 Å². The van der Waals surface area contributed by atoms with Gasteiger partial charge in [-0.05, 0) is 30.9 Å². The zero-order chi connectivity index (χ0) is 14.8. The lowest BCUT2D eigenvalue weighted by atomic mass is 10.1. The van der Waals surface area contributed by atoms with E-state index in [1.54, 1.807) is 0 Å². The summed E-state index contributed by atoms with van der Waals surface area (Å²) in [6, 6.07) is 10.1. The van der Waals surface area contributed by atoms with Gasteiger partial charge < -0.3 is 10.6 Å². The summed E-state index contributed by atoms with van der Waals surface area (Å²) in [5.74, 6) is 0.516. The second-order valence-electron chi connectivity index (χ2n) is 5.79. The number of amides is 1. The van der Waals surface area contributed by atoms with E-state index < -0.39 is 0 Å². The Bertz CT molecular complexity index is 668. The number of fused-ring (bicyclic) bond motifs is 1. The quantitative estimate of drug-likeness (QED) is 0.886. The minimum Gasteiger partial charge on any atom is -0.384 e. The molecule has 2 atom stereocenters. The molecule has 1 aliphatic carbocycles. The number of rotatable bonds is 5. The van der Waals surface area contributed by atoms with Crippen molar-refractivity contribution in [1.29, 1.82) is 0 Å². The normalized spacial score (nSPS) is 20.3. The van der Waals surface area contributed by atoms with Crippen LogP contribution in [0, 0.1) is 5.92 Å². The van der Waals surface area contributed by atoms with Crippen LogP contribution < -0.4 is 10.6 Å². The number of carbonyl (C=O) groups is 1. The lowest BCUT2D eigenvalue weighted by Crippen LogP contribution is -2.27. The smallest absolute Gasteiger partial charge is 0.270 e. The predicted molar refractivity (Wildman–Crippen MR) is 85.6 cm³/mol. The molecular formula is C17H21N3O. The van der Waals surface area contributed by atoms with E-state index in [-0.39, 0.29) is 5.91 Å². The zero-order valence-electron chi connectivity index (χ0n) is 12.5. The van der Waals surface area contributed by atoms with Crippen LogP contribution in [0.3, 0.4) is 0 Å². The molecular weight excluding hydrogens is 262 g/mol. The number of aromatic nitrogens is 1. The Morgan fingerprint density at radius 2 is 2.14 bits per heavy atom. The Balaban J connectivity index is 1.92. The SMILES string of the molecule is CCCNc1cc(C(=O)NC2CC2C)nc2ccccc12. The van der Waals surface area contributed by atoms with Gasteiger partial charge in [-0.1, -0.05) is 32.0 Å². The summed E-state index contributed by atoms with van der Waals surface area (Å²) >= 11 is 0. The third kappa shape index (κ3) is 2.99. The summed E-state index contributed by atoms with van der Waals surface area (Å²) in [6.45, 7) is 5.15. The molecule has 0 radical (unpaired) electrons. The zero-order valence-corrected chi connectivity index (χ0v) is 12.5. The highest BCUT2D eigenvalue weighted by Crippen LogP contribution is 2.29. The van der Waals surface area contributed by atoms with Gasteiger partial charge in [0.2, 0.25) is 0 Å². The Labute approximate surface area is 125 Å². The molecule has 4 nitrogen and oxygen atoms in total.